The monoisotopic (exact) mass is 740 g/mol. The topological polar surface area (TPSA) is 113 Å². The van der Waals surface area contributed by atoms with Crippen LogP contribution in [0.2, 0.25) is 0 Å². The molecule has 0 spiro atoms. The van der Waals surface area contributed by atoms with Gasteiger partial charge in [-0.1, -0.05) is 47.5 Å². The van der Waals surface area contributed by atoms with Crippen LogP contribution in [0.15, 0.2) is 91.4 Å². The Labute approximate surface area is 244 Å². The molecule has 0 saturated carbocycles. The molecule has 3 heterocycles. The minimum absolute atomic E-state index is 0. The molecule has 0 aliphatic rings. The number of benzene rings is 2. The molecule has 0 unspecified atom stereocenters. The summed E-state index contributed by atoms with van der Waals surface area (Å²) in [6.07, 6.45) is 4.10. The summed E-state index contributed by atoms with van der Waals surface area (Å²) in [5.41, 5.74) is 1.08. The maximum absolute atomic E-state index is 13.2. The van der Waals surface area contributed by atoms with E-state index in [2.05, 4.69) is 27.1 Å². The Hall–Kier alpha value is -4.80. The second kappa shape index (κ2) is 15.7. The normalized spacial score (nSPS) is 9.66. The molecule has 1 radical (unpaired) electrons. The smallest absolute Gasteiger partial charge is 0.354 e. The van der Waals surface area contributed by atoms with Crippen molar-refractivity contribution < 1.29 is 57.5 Å². The van der Waals surface area contributed by atoms with Crippen molar-refractivity contribution in [1.29, 1.82) is 0 Å². The fourth-order valence-corrected chi connectivity index (χ4v) is 2.95. The largest absolute Gasteiger partial charge is 0.478 e. The summed E-state index contributed by atoms with van der Waals surface area (Å²) >= 11 is 0. The van der Waals surface area contributed by atoms with Crippen LogP contribution >= 0.6 is 0 Å². The Balaban J connectivity index is 0.000000213. The van der Waals surface area contributed by atoms with Crippen LogP contribution in [0, 0.1) is 35.4 Å². The average Bonchev–Trinajstić information content (AvgIpc) is 2.95. The Bertz CT molecular complexity index is 1470. The molecule has 0 amide bonds. The summed E-state index contributed by atoms with van der Waals surface area (Å²) in [7, 11) is 0. The van der Waals surface area contributed by atoms with Gasteiger partial charge in [-0.05, 0) is 35.7 Å². The minimum atomic E-state index is -1.17. The molecule has 0 bridgehead atoms. The predicted molar refractivity (Wildman–Crippen MR) is 135 cm³/mol. The molecule has 5 aromatic rings. The molecule has 2 N–H and O–H groups in total. The summed E-state index contributed by atoms with van der Waals surface area (Å²) in [6.45, 7) is 0. The number of aromatic nitrogens is 3. The number of rotatable bonds is 4. The summed E-state index contributed by atoms with van der Waals surface area (Å²) < 4.78 is 51.6. The van der Waals surface area contributed by atoms with Crippen molar-refractivity contribution in [1.82, 2.24) is 15.0 Å². The van der Waals surface area contributed by atoms with Crippen LogP contribution in [0.4, 0.5) is 17.6 Å². The van der Waals surface area contributed by atoms with Gasteiger partial charge in [0.15, 0.2) is 0 Å². The molecule has 2 aromatic carbocycles. The van der Waals surface area contributed by atoms with Crippen molar-refractivity contribution in [3.05, 3.63) is 138 Å². The van der Waals surface area contributed by atoms with Crippen molar-refractivity contribution >= 4 is 11.9 Å². The zero-order chi connectivity index (χ0) is 29.1. The minimum Gasteiger partial charge on any atom is -0.478 e. The fourth-order valence-electron chi connectivity index (χ4n) is 2.95. The van der Waals surface area contributed by atoms with Gasteiger partial charge in [0.25, 0.3) is 0 Å². The van der Waals surface area contributed by atoms with E-state index in [4.69, 9.17) is 10.2 Å². The van der Waals surface area contributed by atoms with E-state index in [9.17, 15) is 27.2 Å². The zero-order valence-electron chi connectivity index (χ0n) is 20.6. The summed E-state index contributed by atoms with van der Waals surface area (Å²) in [6, 6.07) is 21.4. The molecule has 3 aromatic heterocycles. The van der Waals surface area contributed by atoms with Gasteiger partial charge in [-0.15, -0.1) is 24.3 Å². The summed E-state index contributed by atoms with van der Waals surface area (Å²) in [4.78, 5) is 31.9. The van der Waals surface area contributed by atoms with Crippen molar-refractivity contribution in [2.45, 2.75) is 0 Å². The number of halogens is 4. The first kappa shape index (κ1) is 32.4. The Morgan fingerprint density at radius 3 is 1.46 bits per heavy atom. The van der Waals surface area contributed by atoms with Crippen LogP contribution in [0.25, 0.3) is 22.5 Å². The van der Waals surface area contributed by atoms with E-state index in [1.165, 1.54) is 6.07 Å². The third-order valence-electron chi connectivity index (χ3n) is 4.79. The molecule has 0 atom stereocenters. The van der Waals surface area contributed by atoms with Gasteiger partial charge in [0, 0.05) is 62.0 Å². The number of carbonyl (C=O) groups is 2. The molecular weight excluding hydrogens is 723 g/mol. The van der Waals surface area contributed by atoms with Crippen LogP contribution < -0.4 is 0 Å². The molecular formula is C29H17F4IrN3O4-2. The number of hydrogen-bond acceptors (Lipinski definition) is 5. The Morgan fingerprint density at radius 1 is 0.659 bits per heavy atom. The maximum Gasteiger partial charge on any atom is 0.354 e. The molecule has 0 saturated heterocycles. The van der Waals surface area contributed by atoms with Gasteiger partial charge in [-0.25, -0.2) is 14.6 Å². The number of carboxylic acids is 2. The van der Waals surface area contributed by atoms with Gasteiger partial charge < -0.3 is 20.2 Å². The van der Waals surface area contributed by atoms with Gasteiger partial charge >= 0.3 is 11.9 Å². The number of hydrogen-bond donors (Lipinski definition) is 2. The van der Waals surface area contributed by atoms with Gasteiger partial charge in [0.05, 0.1) is 5.56 Å². The molecule has 12 heteroatoms. The number of carboxylic acid groups (broad SMARTS) is 2. The van der Waals surface area contributed by atoms with Crippen molar-refractivity contribution in [2.75, 3.05) is 0 Å². The first-order chi connectivity index (χ1) is 19.2. The third kappa shape index (κ3) is 9.71. The standard InChI is InChI=1S/2C11H6F2N.C7H5NO4.Ir/c2*12-8-4-5-9(10(13)7-8)11-3-1-2-6-14-11;9-6(10)4-1-2-5(7(11)12)8-3-4;/h2*1-4,6-7H;1-3H,(H,9,10)(H,11,12);/q2*-1;;. The molecule has 0 aliphatic heterocycles. The summed E-state index contributed by atoms with van der Waals surface area (Å²) in [5.74, 6) is -4.87. The van der Waals surface area contributed by atoms with Gasteiger partial charge in [-0.2, -0.15) is 0 Å². The molecule has 41 heavy (non-hydrogen) atoms. The van der Waals surface area contributed by atoms with Crippen molar-refractivity contribution in [2.24, 2.45) is 0 Å². The zero-order valence-corrected chi connectivity index (χ0v) is 23.0. The quantitative estimate of drug-likeness (QED) is 0.169. The van der Waals surface area contributed by atoms with E-state index in [0.29, 0.717) is 11.4 Å². The van der Waals surface area contributed by atoms with Gasteiger partial charge in [0.2, 0.25) is 0 Å². The molecule has 0 aliphatic carbocycles. The van der Waals surface area contributed by atoms with Crippen LogP contribution in [0.3, 0.4) is 0 Å². The van der Waals surface area contributed by atoms with E-state index in [-0.39, 0.29) is 42.5 Å². The molecule has 211 valence electrons. The predicted octanol–water partition coefficient (Wildman–Crippen LogP) is 6.13. The van der Waals surface area contributed by atoms with Crippen LogP contribution in [-0.2, 0) is 20.1 Å². The van der Waals surface area contributed by atoms with E-state index < -0.39 is 35.2 Å². The SMILES string of the molecule is Fc1c[c-]c(-c2ccccn2)c(F)c1.Fc1c[c-]c(-c2ccccn2)c(F)c1.O=C(O)c1ccc(C(=O)O)nc1.[Ir]. The Morgan fingerprint density at radius 2 is 1.15 bits per heavy atom. The Kier molecular flexibility index (Phi) is 12.4. The molecule has 7 nitrogen and oxygen atoms in total. The van der Waals surface area contributed by atoms with Crippen molar-refractivity contribution in [3.8, 4) is 22.5 Å². The molecule has 0 fully saturated rings. The fraction of sp³-hybridized carbons (Fsp3) is 0. The van der Waals surface area contributed by atoms with Crippen LogP contribution in [-0.4, -0.2) is 37.1 Å². The third-order valence-corrected chi connectivity index (χ3v) is 4.79. The second-order valence-corrected chi connectivity index (χ2v) is 7.55. The number of pyridine rings is 3. The van der Waals surface area contributed by atoms with E-state index >= 15 is 0 Å². The first-order valence-electron chi connectivity index (χ1n) is 11.1. The van der Waals surface area contributed by atoms with Crippen LogP contribution in [0.1, 0.15) is 20.8 Å². The van der Waals surface area contributed by atoms with Crippen molar-refractivity contribution in [3.63, 3.8) is 0 Å². The van der Waals surface area contributed by atoms with E-state index in [1.807, 2.05) is 0 Å². The van der Waals surface area contributed by atoms with E-state index in [0.717, 1.165) is 36.5 Å². The molecule has 5 rings (SSSR count). The maximum atomic E-state index is 13.2. The first-order valence-corrected chi connectivity index (χ1v) is 11.1. The van der Waals surface area contributed by atoms with Crippen LogP contribution in [0.5, 0.6) is 0 Å². The number of nitrogens with zero attached hydrogens (tertiary/aromatic N) is 3. The average molecular weight is 740 g/mol. The summed E-state index contributed by atoms with van der Waals surface area (Å²) in [5, 5.41) is 16.8. The van der Waals surface area contributed by atoms with E-state index in [1.54, 1.807) is 48.8 Å². The second-order valence-electron chi connectivity index (χ2n) is 7.55. The number of aromatic carboxylic acids is 2. The van der Waals surface area contributed by atoms with Gasteiger partial charge in [-0.3, -0.25) is 17.6 Å². The van der Waals surface area contributed by atoms with Gasteiger partial charge in [0.1, 0.15) is 5.69 Å².